The summed E-state index contributed by atoms with van der Waals surface area (Å²) in [5.74, 6) is 0.626. The first-order chi connectivity index (χ1) is 31.5. The van der Waals surface area contributed by atoms with Gasteiger partial charge < -0.3 is 5.11 Å². The quantitative estimate of drug-likeness (QED) is 0.149. The minimum absolute atomic E-state index is 0.103. The number of aromatic nitrogens is 3. The number of hydrogen-bond acceptors (Lipinski definition) is 3. The molecule has 0 amide bonds. The molecule has 0 aliphatic rings. The number of nitrogens with zero attached hydrogens (tertiary/aromatic N) is 3. The van der Waals surface area contributed by atoms with Gasteiger partial charge in [0.15, 0.2) is 0 Å². The van der Waals surface area contributed by atoms with Gasteiger partial charge in [0.1, 0.15) is 11.6 Å². The van der Waals surface area contributed by atoms with Crippen molar-refractivity contribution in [3.05, 3.63) is 192 Å². The van der Waals surface area contributed by atoms with E-state index in [-0.39, 0.29) is 23.0 Å². The maximum Gasteiger partial charge on any atom is 0.149 e. The number of phenolic OH excluding ortho intramolecular Hbond substituents is 1. The van der Waals surface area contributed by atoms with E-state index in [1.807, 2.05) is 32.2 Å². The van der Waals surface area contributed by atoms with Crippen LogP contribution in [-0.2, 0) is 5.41 Å². The Morgan fingerprint density at radius 3 is 1.78 bits per heavy atom. The average molecular weight is 851 g/mol. The summed E-state index contributed by atoms with van der Waals surface area (Å²) in [5, 5.41) is 12.3. The van der Waals surface area contributed by atoms with Gasteiger partial charge in [0.25, 0.3) is 0 Å². The van der Waals surface area contributed by atoms with Crippen LogP contribution in [-0.4, -0.2) is 19.6 Å². The summed E-state index contributed by atoms with van der Waals surface area (Å²) in [5.41, 5.74) is 18.0. The minimum Gasteiger partial charge on any atom is -0.507 e. The third-order valence-electron chi connectivity index (χ3n) is 12.7. The molecule has 0 saturated heterocycles. The molecule has 0 spiro atoms. The Morgan fingerprint density at radius 2 is 1.15 bits per heavy atom. The van der Waals surface area contributed by atoms with Gasteiger partial charge in [-0.2, -0.15) is 0 Å². The van der Waals surface area contributed by atoms with Crippen LogP contribution in [0.25, 0.3) is 83.9 Å². The Kier molecular flexibility index (Phi) is 11.3. The van der Waals surface area contributed by atoms with E-state index in [1.165, 1.54) is 5.56 Å². The molecule has 0 unspecified atom stereocenters. The maximum absolute atomic E-state index is 12.3. The minimum atomic E-state index is -0.674. The zero-order valence-corrected chi connectivity index (χ0v) is 39.1. The predicted octanol–water partition coefficient (Wildman–Crippen LogP) is 16.8. The van der Waals surface area contributed by atoms with Crippen molar-refractivity contribution < 1.29 is 6.48 Å². The zero-order chi connectivity index (χ0) is 46.5. The second kappa shape index (κ2) is 17.5. The Hall–Kier alpha value is -7.04. The Morgan fingerprint density at radius 1 is 0.523 bits per heavy atom. The number of phenols is 1. The molecule has 2 aromatic heterocycles. The molecular formula is C61H59N3O. The lowest BCUT2D eigenvalue weighted by Crippen LogP contribution is -2.12. The molecular weight excluding hydrogens is 791 g/mol. The summed E-state index contributed by atoms with van der Waals surface area (Å²) >= 11 is 0. The third kappa shape index (κ3) is 8.66. The molecule has 65 heavy (non-hydrogen) atoms. The summed E-state index contributed by atoms with van der Waals surface area (Å²) in [7, 11) is 0. The lowest BCUT2D eigenvalue weighted by molar-refractivity contribution is 0.466. The Balaban J connectivity index is 1.31. The number of pyridine rings is 1. The first kappa shape index (κ1) is 41.9. The van der Waals surface area contributed by atoms with Gasteiger partial charge >= 0.3 is 0 Å². The monoisotopic (exact) mass is 850 g/mol. The topological polar surface area (TPSA) is 50.9 Å². The normalized spacial score (nSPS) is 12.3. The van der Waals surface area contributed by atoms with Gasteiger partial charge in [0.05, 0.1) is 22.3 Å². The van der Waals surface area contributed by atoms with Crippen LogP contribution in [0.4, 0.5) is 0 Å². The van der Waals surface area contributed by atoms with Crippen molar-refractivity contribution in [3.63, 3.8) is 0 Å². The lowest BCUT2D eigenvalue weighted by atomic mass is 9.85. The molecule has 4 heteroatoms. The van der Waals surface area contributed by atoms with Crippen LogP contribution < -0.4 is 0 Å². The molecule has 9 aromatic rings. The number of aromatic hydroxyl groups is 1. The maximum atomic E-state index is 12.3. The van der Waals surface area contributed by atoms with E-state index in [9.17, 15) is 5.11 Å². The number of rotatable bonds is 10. The smallest absolute Gasteiger partial charge is 0.149 e. The highest BCUT2D eigenvalue weighted by Crippen LogP contribution is 2.44. The highest BCUT2D eigenvalue weighted by atomic mass is 16.3. The van der Waals surface area contributed by atoms with Crippen LogP contribution in [0.3, 0.4) is 0 Å². The molecule has 1 N–H and O–H groups in total. The fraction of sp³-hybridized carbons (Fsp3) is 0.213. The average Bonchev–Trinajstić information content (AvgIpc) is 3.71. The predicted molar refractivity (Wildman–Crippen MR) is 274 cm³/mol. The first-order valence-corrected chi connectivity index (χ1v) is 22.9. The van der Waals surface area contributed by atoms with E-state index in [0.717, 1.165) is 89.2 Å². The highest BCUT2D eigenvalue weighted by molar-refractivity contribution is 5.98. The van der Waals surface area contributed by atoms with Crippen molar-refractivity contribution in [2.45, 2.75) is 85.5 Å². The molecule has 324 valence electrons. The van der Waals surface area contributed by atoms with Gasteiger partial charge in [0.2, 0.25) is 0 Å². The van der Waals surface area contributed by atoms with Gasteiger partial charge in [-0.15, -0.1) is 0 Å². The summed E-state index contributed by atoms with van der Waals surface area (Å²) in [6, 6.07) is 58.0. The summed E-state index contributed by atoms with van der Waals surface area (Å²) in [4.78, 5) is 10.6. The molecule has 0 aliphatic heterocycles. The largest absolute Gasteiger partial charge is 0.507 e. The SMILES string of the molecule is [2H]C(C)(C)c1ccc(-c2ccnc(-c3cc(-c4ccccc4)cc(-c4cccc5c4nc(-c4cc(C(C)C)cc(C(C)C)c4O)n5-c4cc(-c5ccccc5)cc(C(C)(C)C)c4)c3)c2)cc1. The highest BCUT2D eigenvalue weighted by Gasteiger charge is 2.25. The third-order valence-corrected chi connectivity index (χ3v) is 12.7. The number of benzene rings is 7. The molecule has 4 nitrogen and oxygen atoms in total. The molecule has 7 aromatic carbocycles. The van der Waals surface area contributed by atoms with Crippen molar-refractivity contribution in [1.29, 1.82) is 0 Å². The van der Waals surface area contributed by atoms with Crippen LogP contribution in [0.1, 0.15) is 104 Å². The van der Waals surface area contributed by atoms with Crippen molar-refractivity contribution >= 4 is 11.0 Å². The van der Waals surface area contributed by atoms with Gasteiger partial charge in [-0.1, -0.05) is 172 Å². The summed E-state index contributed by atoms with van der Waals surface area (Å²) < 4.78 is 10.8. The van der Waals surface area contributed by atoms with E-state index in [2.05, 4.69) is 205 Å². The molecule has 9 rings (SSSR count). The van der Waals surface area contributed by atoms with Gasteiger partial charge in [-0.3, -0.25) is 9.55 Å². The molecule has 0 atom stereocenters. The van der Waals surface area contributed by atoms with Crippen LogP contribution in [0.15, 0.2) is 170 Å². The second-order valence-corrected chi connectivity index (χ2v) is 19.3. The first-order valence-electron chi connectivity index (χ1n) is 23.4. The second-order valence-electron chi connectivity index (χ2n) is 19.3. The molecule has 2 heterocycles. The van der Waals surface area contributed by atoms with E-state index < -0.39 is 5.89 Å². The zero-order valence-electron chi connectivity index (χ0n) is 40.1. The molecule has 0 radical (unpaired) electrons. The van der Waals surface area contributed by atoms with Crippen LogP contribution in [0.2, 0.25) is 0 Å². The number of fused-ring (bicyclic) bond motifs is 1. The van der Waals surface area contributed by atoms with Gasteiger partial charge in [-0.05, 0) is 139 Å². The standard InChI is InChI=1S/C61H59N3O/c1-38(2)41-23-25-44(26-24-41)45-27-28-62-56(36-45)50-30-47(42-17-12-10-13-18-42)29-49(31-50)53-21-16-22-57-58(53)63-60(55-35-46(39(3)4)34-54(40(5)6)59(55)65)64(57)52-33-48(43-19-14-11-15-20-43)32-51(37-52)61(7,8)9/h10-40,65H,1-9H3/i38D. The fourth-order valence-electron chi connectivity index (χ4n) is 8.86. The Bertz CT molecular complexity index is 3200. The van der Waals surface area contributed by atoms with E-state index in [1.54, 1.807) is 0 Å². The van der Waals surface area contributed by atoms with Gasteiger partial charge in [-0.25, -0.2) is 4.98 Å². The van der Waals surface area contributed by atoms with Gasteiger partial charge in [0, 0.05) is 24.4 Å². The van der Waals surface area contributed by atoms with Crippen molar-refractivity contribution in [3.8, 4) is 78.6 Å². The lowest BCUT2D eigenvalue weighted by Gasteiger charge is -2.23. The van der Waals surface area contributed by atoms with Crippen molar-refractivity contribution in [2.75, 3.05) is 0 Å². The van der Waals surface area contributed by atoms with E-state index in [0.29, 0.717) is 11.4 Å². The fourth-order valence-corrected chi connectivity index (χ4v) is 8.86. The molecule has 0 saturated carbocycles. The van der Waals surface area contributed by atoms with Crippen LogP contribution in [0, 0.1) is 0 Å². The van der Waals surface area contributed by atoms with E-state index in [4.69, 9.17) is 11.3 Å². The number of para-hydroxylation sites is 1. The van der Waals surface area contributed by atoms with Crippen molar-refractivity contribution in [2.24, 2.45) is 0 Å². The van der Waals surface area contributed by atoms with Crippen molar-refractivity contribution in [1.82, 2.24) is 14.5 Å². The van der Waals surface area contributed by atoms with Crippen LogP contribution >= 0.6 is 0 Å². The van der Waals surface area contributed by atoms with E-state index >= 15 is 0 Å². The number of hydrogen-bond donors (Lipinski definition) is 1. The summed E-state index contributed by atoms with van der Waals surface area (Å²) in [6.07, 6.45) is 1.88. The van der Waals surface area contributed by atoms with Crippen LogP contribution in [0.5, 0.6) is 5.75 Å². The number of imidazole rings is 1. The molecule has 0 fully saturated rings. The molecule has 0 aliphatic carbocycles. The Labute approximate surface area is 386 Å². The molecule has 0 bridgehead atoms. The summed E-state index contributed by atoms with van der Waals surface area (Å²) in [6.45, 7) is 19.3.